The lowest BCUT2D eigenvalue weighted by Crippen LogP contribution is -2.56. The van der Waals surface area contributed by atoms with E-state index in [2.05, 4.69) is 0 Å². The number of imide groups is 1. The number of nitrogens with zero attached hydrogens (tertiary/aromatic N) is 3. The highest BCUT2D eigenvalue weighted by molar-refractivity contribution is 6.66. The Labute approximate surface area is 254 Å². The van der Waals surface area contributed by atoms with Crippen molar-refractivity contribution in [3.63, 3.8) is 0 Å². The molecule has 2 fully saturated rings. The molecule has 5 rings (SSSR count). The number of nitro benzene ring substituents is 1. The van der Waals surface area contributed by atoms with Crippen molar-refractivity contribution < 1.29 is 28.5 Å². The average Bonchev–Trinajstić information content (AvgIpc) is 3.30. The summed E-state index contributed by atoms with van der Waals surface area (Å²) in [7, 11) is 0. The first kappa shape index (κ1) is 29.0. The zero-order valence-corrected chi connectivity index (χ0v) is 24.0. The fourth-order valence-electron chi connectivity index (χ4n) is 5.22. The van der Waals surface area contributed by atoms with Crippen LogP contribution in [-0.2, 0) is 9.59 Å². The summed E-state index contributed by atoms with van der Waals surface area (Å²) in [5.74, 6) is -8.03. The monoisotopic (exact) mass is 667 g/mol. The van der Waals surface area contributed by atoms with Gasteiger partial charge in [-0.3, -0.25) is 29.3 Å². The summed E-state index contributed by atoms with van der Waals surface area (Å²) in [6, 6.07) is 8.67. The molecule has 0 unspecified atom stereocenters. The molecule has 1 aliphatic heterocycles. The van der Waals surface area contributed by atoms with E-state index in [9.17, 15) is 33.7 Å². The lowest BCUT2D eigenvalue weighted by atomic mass is 9.84. The van der Waals surface area contributed by atoms with Crippen molar-refractivity contribution in [3.05, 3.63) is 85.7 Å². The summed E-state index contributed by atoms with van der Waals surface area (Å²) in [4.78, 5) is 60.7. The van der Waals surface area contributed by atoms with E-state index in [0.29, 0.717) is 10.0 Å². The van der Waals surface area contributed by atoms with Crippen LogP contribution in [0.3, 0.4) is 0 Å². The molecule has 40 heavy (non-hydrogen) atoms. The van der Waals surface area contributed by atoms with Crippen LogP contribution < -0.4 is 0 Å². The molecule has 3 aliphatic rings. The van der Waals surface area contributed by atoms with E-state index in [1.807, 2.05) is 0 Å². The van der Waals surface area contributed by atoms with Gasteiger partial charge in [-0.25, -0.2) is 9.40 Å². The smallest absolute Gasteiger partial charge is 0.273 e. The second kappa shape index (κ2) is 9.54. The van der Waals surface area contributed by atoms with Gasteiger partial charge in [-0.1, -0.05) is 52.5 Å². The topological polar surface area (TPSA) is 118 Å². The molecule has 1 saturated heterocycles. The maximum Gasteiger partial charge on any atom is 0.273 e. The maximum absolute atomic E-state index is 13.8. The Morgan fingerprint density at radius 1 is 0.925 bits per heavy atom. The van der Waals surface area contributed by atoms with E-state index in [0.717, 1.165) is 36.4 Å². The van der Waals surface area contributed by atoms with Gasteiger partial charge in [-0.05, 0) is 30.3 Å². The van der Waals surface area contributed by atoms with Gasteiger partial charge in [0.05, 0.1) is 26.8 Å². The number of carbonyl (C=O) groups excluding carboxylic acids is 4. The average molecular weight is 670 g/mol. The molecule has 1 saturated carbocycles. The molecule has 0 spiro atoms. The summed E-state index contributed by atoms with van der Waals surface area (Å²) >= 11 is 39.0. The second-order valence-corrected chi connectivity index (χ2v) is 12.4. The number of alkyl halides is 4. The number of hydrazine groups is 1. The third-order valence-electron chi connectivity index (χ3n) is 7.12. The number of ketones is 1. The number of amides is 3. The zero-order valence-electron chi connectivity index (χ0n) is 19.4. The first-order valence-electron chi connectivity index (χ1n) is 11.1. The molecule has 2 aliphatic carbocycles. The predicted molar refractivity (Wildman–Crippen MR) is 144 cm³/mol. The van der Waals surface area contributed by atoms with Gasteiger partial charge >= 0.3 is 0 Å². The van der Waals surface area contributed by atoms with Gasteiger partial charge < -0.3 is 0 Å². The van der Waals surface area contributed by atoms with Gasteiger partial charge in [0, 0.05) is 23.3 Å². The van der Waals surface area contributed by atoms with Crippen molar-refractivity contribution in [1.29, 1.82) is 0 Å². The van der Waals surface area contributed by atoms with Gasteiger partial charge in [-0.15, -0.1) is 23.2 Å². The molecule has 1 heterocycles. The van der Waals surface area contributed by atoms with E-state index in [4.69, 9.17) is 69.6 Å². The normalized spacial score (nSPS) is 28.2. The van der Waals surface area contributed by atoms with Crippen molar-refractivity contribution in [2.45, 2.75) is 14.1 Å². The molecule has 2 aromatic rings. The van der Waals surface area contributed by atoms with Crippen LogP contribution in [0.15, 0.2) is 58.6 Å². The van der Waals surface area contributed by atoms with Crippen molar-refractivity contribution in [3.8, 4) is 0 Å². The first-order valence-corrected chi connectivity index (χ1v) is 13.4. The van der Waals surface area contributed by atoms with Gasteiger partial charge in [0.2, 0.25) is 0 Å². The molecular weight excluding hydrogens is 658 g/mol. The number of nitro groups is 1. The van der Waals surface area contributed by atoms with Gasteiger partial charge in [0.1, 0.15) is 22.1 Å². The number of allylic oxidation sites excluding steroid dienone is 2. The van der Waals surface area contributed by atoms with Crippen LogP contribution in [0, 0.1) is 27.8 Å². The maximum atomic E-state index is 13.8. The molecule has 0 aromatic heterocycles. The van der Waals surface area contributed by atoms with Crippen LogP contribution in [-0.4, -0.2) is 59.1 Å². The number of hydrogen-bond acceptors (Lipinski definition) is 6. The van der Waals surface area contributed by atoms with Crippen LogP contribution in [0.4, 0.5) is 10.1 Å². The van der Waals surface area contributed by atoms with Crippen LogP contribution in [0.5, 0.6) is 0 Å². The summed E-state index contributed by atoms with van der Waals surface area (Å²) in [5.41, 5.74) is -0.865. The van der Waals surface area contributed by atoms with Crippen molar-refractivity contribution in [1.82, 2.24) is 10.0 Å². The van der Waals surface area contributed by atoms with Gasteiger partial charge in [0.15, 0.2) is 10.1 Å². The van der Waals surface area contributed by atoms with Crippen molar-refractivity contribution in [2.75, 3.05) is 6.54 Å². The first-order chi connectivity index (χ1) is 18.6. The minimum Gasteiger partial charge on any atom is -0.292 e. The Kier molecular flexibility index (Phi) is 6.92. The summed E-state index contributed by atoms with van der Waals surface area (Å²) in [6.45, 7) is -0.920. The van der Waals surface area contributed by atoms with Crippen LogP contribution in [0.25, 0.3) is 0 Å². The van der Waals surface area contributed by atoms with E-state index in [1.165, 1.54) is 12.1 Å². The molecule has 0 radical (unpaired) electrons. The Hall–Kier alpha value is -2.47. The lowest BCUT2D eigenvalue weighted by molar-refractivity contribution is -0.384. The number of benzene rings is 2. The standard InChI is InChI=1S/C24H12Cl6FN3O6/c25-17-18(26)23(28)16-15(22(17,27)24(23,29)30)20(37)33(21(16)38)32(9-14(35)10-4-6-12(31)7-5-10)19(36)11-2-1-3-13(8-11)34(39)40/h1-8,15-16H,9H2/t15-,16-,22-,23-/m1/s1. The molecular formula is C24H12Cl6FN3O6. The minimum absolute atomic E-state index is 0.0616. The van der Waals surface area contributed by atoms with E-state index in [-0.39, 0.29) is 21.2 Å². The number of halogens is 7. The number of hydrogen-bond donors (Lipinski definition) is 0. The van der Waals surface area contributed by atoms with E-state index >= 15 is 0 Å². The molecule has 9 nitrogen and oxygen atoms in total. The summed E-state index contributed by atoms with van der Waals surface area (Å²) in [6.07, 6.45) is 0. The van der Waals surface area contributed by atoms with Crippen molar-refractivity contribution >= 4 is 98.8 Å². The molecule has 208 valence electrons. The SMILES string of the molecule is O=C(CN(C(=O)c1cccc([N+](=O)[O-])c1)N1C(=O)[C@H]2[C@H](C1=O)[C@@]1(Cl)C(Cl)=C(Cl)[C@@]2(Cl)C1(Cl)Cl)c1ccc(F)cc1. The largest absolute Gasteiger partial charge is 0.292 e. The quantitative estimate of drug-likeness (QED) is 0.133. The Morgan fingerprint density at radius 3 is 1.95 bits per heavy atom. The highest BCUT2D eigenvalue weighted by atomic mass is 35.5. The lowest BCUT2D eigenvalue weighted by Gasteiger charge is -2.36. The highest BCUT2D eigenvalue weighted by Crippen LogP contribution is 2.77. The number of fused-ring (bicyclic) bond motifs is 5. The zero-order chi connectivity index (χ0) is 29.5. The summed E-state index contributed by atoms with van der Waals surface area (Å²) in [5, 5.41) is 11.4. The van der Waals surface area contributed by atoms with Crippen LogP contribution in [0.1, 0.15) is 20.7 Å². The van der Waals surface area contributed by atoms with Gasteiger partial charge in [-0.2, -0.15) is 5.01 Å². The van der Waals surface area contributed by atoms with Crippen LogP contribution >= 0.6 is 69.6 Å². The Morgan fingerprint density at radius 2 is 1.45 bits per heavy atom. The minimum atomic E-state index is -2.23. The summed E-state index contributed by atoms with van der Waals surface area (Å²) < 4.78 is 11.2. The molecule has 16 heteroatoms. The van der Waals surface area contributed by atoms with E-state index < -0.39 is 72.4 Å². The fourth-order valence-corrected chi connectivity index (χ4v) is 8.15. The number of Topliss-reactive ketones (excluding diaryl/α,β-unsaturated/α-hetero) is 1. The number of carbonyl (C=O) groups is 4. The predicted octanol–water partition coefficient (Wildman–Crippen LogP) is 5.42. The molecule has 3 amide bonds. The van der Waals surface area contributed by atoms with Crippen molar-refractivity contribution in [2.24, 2.45) is 11.8 Å². The Bertz CT molecular complexity index is 1520. The van der Waals surface area contributed by atoms with Crippen LogP contribution in [0.2, 0.25) is 0 Å². The fraction of sp³-hybridized carbons (Fsp3) is 0.250. The molecule has 2 bridgehead atoms. The molecule has 0 N–H and O–H groups in total. The number of non-ortho nitro benzene ring substituents is 1. The number of rotatable bonds is 6. The van der Waals surface area contributed by atoms with E-state index in [1.54, 1.807) is 0 Å². The molecule has 2 aromatic carbocycles. The molecule has 4 atom stereocenters. The Balaban J connectivity index is 1.61. The highest BCUT2D eigenvalue weighted by Gasteiger charge is 2.88. The third kappa shape index (κ3) is 3.66. The second-order valence-electron chi connectivity index (χ2n) is 9.17. The third-order valence-corrected chi connectivity index (χ3v) is 11.4. The van der Waals surface area contributed by atoms with Gasteiger partial charge in [0.25, 0.3) is 23.4 Å².